The number of hydrogen-bond acceptors (Lipinski definition) is 5. The van der Waals surface area contributed by atoms with Crippen molar-refractivity contribution in [2.24, 2.45) is 0 Å². The molecule has 1 N–H and O–H groups in total. The normalized spacial score (nSPS) is 11.3. The molecule has 2 rings (SSSR count). The molecular weight excluding hydrogens is 370 g/mol. The Morgan fingerprint density at radius 3 is 2.38 bits per heavy atom. The molecule has 0 bridgehead atoms. The minimum Gasteiger partial charge on any atom is -0.343 e. The summed E-state index contributed by atoms with van der Waals surface area (Å²) in [5.41, 5.74) is 1.68. The largest absolute Gasteiger partial charge is 0.343 e. The van der Waals surface area contributed by atoms with Crippen LogP contribution in [0.5, 0.6) is 0 Å². The minimum atomic E-state index is -3.68. The van der Waals surface area contributed by atoms with E-state index in [1.807, 2.05) is 26.0 Å². The van der Waals surface area contributed by atoms with E-state index in [-0.39, 0.29) is 22.4 Å². The van der Waals surface area contributed by atoms with Crippen LogP contribution in [0.3, 0.4) is 0 Å². The van der Waals surface area contributed by atoms with E-state index in [9.17, 15) is 13.2 Å². The molecular formula is C18H25N3O3S2. The predicted octanol–water partition coefficient (Wildman–Crippen LogP) is 3.31. The van der Waals surface area contributed by atoms with Gasteiger partial charge < -0.3 is 4.90 Å². The van der Waals surface area contributed by atoms with Crippen molar-refractivity contribution in [2.45, 2.75) is 44.9 Å². The van der Waals surface area contributed by atoms with E-state index in [0.717, 1.165) is 18.4 Å². The summed E-state index contributed by atoms with van der Waals surface area (Å²) in [6.45, 7) is 7.22. The Morgan fingerprint density at radius 1 is 1.15 bits per heavy atom. The number of sulfonamides is 1. The Balaban J connectivity index is 2.06. The van der Waals surface area contributed by atoms with E-state index < -0.39 is 10.0 Å². The molecule has 1 heterocycles. The highest BCUT2D eigenvalue weighted by Crippen LogP contribution is 2.21. The van der Waals surface area contributed by atoms with Crippen LogP contribution in [0.4, 0.5) is 5.13 Å². The maximum absolute atomic E-state index is 12.5. The number of benzene rings is 1. The lowest BCUT2D eigenvalue weighted by molar-refractivity contribution is -0.130. The highest BCUT2D eigenvalue weighted by molar-refractivity contribution is 7.93. The van der Waals surface area contributed by atoms with Crippen LogP contribution >= 0.6 is 11.3 Å². The topological polar surface area (TPSA) is 79.4 Å². The number of aryl methyl sites for hydroxylation is 1. The second-order valence-electron chi connectivity index (χ2n) is 5.89. The number of carbonyl (C=O) groups is 1. The first kappa shape index (κ1) is 20.4. The molecule has 8 heteroatoms. The Kier molecular flexibility index (Phi) is 7.16. The maximum atomic E-state index is 12.5. The molecule has 0 radical (unpaired) electrons. The number of anilines is 1. The fourth-order valence-electron chi connectivity index (χ4n) is 2.58. The van der Waals surface area contributed by atoms with Crippen molar-refractivity contribution in [3.63, 3.8) is 0 Å². The highest BCUT2D eigenvalue weighted by atomic mass is 32.2. The average Bonchev–Trinajstić information content (AvgIpc) is 3.03. The number of hydrogen-bond donors (Lipinski definition) is 1. The summed E-state index contributed by atoms with van der Waals surface area (Å²) in [4.78, 5) is 18.3. The fourth-order valence-corrected chi connectivity index (χ4v) is 4.54. The minimum absolute atomic E-state index is 0.0128. The van der Waals surface area contributed by atoms with Crippen LogP contribution in [0.1, 0.15) is 38.4 Å². The quantitative estimate of drug-likeness (QED) is 0.706. The lowest BCUT2D eigenvalue weighted by atomic mass is 10.1. The zero-order valence-electron chi connectivity index (χ0n) is 15.4. The van der Waals surface area contributed by atoms with Crippen molar-refractivity contribution < 1.29 is 13.2 Å². The molecule has 0 aliphatic carbocycles. The molecule has 0 saturated heterocycles. The number of nitrogens with one attached hydrogen (secondary N) is 1. The van der Waals surface area contributed by atoms with Gasteiger partial charge in [0.05, 0.1) is 17.0 Å². The lowest BCUT2D eigenvalue weighted by Crippen LogP contribution is -2.31. The summed E-state index contributed by atoms with van der Waals surface area (Å²) in [5.74, 6) is -0.0128. The van der Waals surface area contributed by atoms with E-state index in [4.69, 9.17) is 0 Å². The van der Waals surface area contributed by atoms with E-state index in [1.54, 1.807) is 22.4 Å². The van der Waals surface area contributed by atoms with Gasteiger partial charge in [-0.25, -0.2) is 13.4 Å². The molecule has 0 aliphatic heterocycles. The number of thiazole rings is 1. The van der Waals surface area contributed by atoms with Crippen molar-refractivity contribution >= 4 is 32.4 Å². The van der Waals surface area contributed by atoms with E-state index in [0.29, 0.717) is 18.8 Å². The first-order valence-corrected chi connectivity index (χ1v) is 11.1. The first-order chi connectivity index (χ1) is 12.4. The van der Waals surface area contributed by atoms with Crippen LogP contribution in [0, 0.1) is 0 Å². The van der Waals surface area contributed by atoms with Crippen molar-refractivity contribution in [3.05, 3.63) is 40.9 Å². The van der Waals surface area contributed by atoms with Crippen LogP contribution < -0.4 is 4.72 Å². The van der Waals surface area contributed by atoms with Crippen LogP contribution in [0.25, 0.3) is 0 Å². The monoisotopic (exact) mass is 395 g/mol. The van der Waals surface area contributed by atoms with Gasteiger partial charge in [-0.2, -0.15) is 0 Å². The van der Waals surface area contributed by atoms with Gasteiger partial charge in [-0.15, -0.1) is 11.3 Å². The van der Waals surface area contributed by atoms with Gasteiger partial charge in [-0.05, 0) is 38.0 Å². The maximum Gasteiger partial charge on any atom is 0.263 e. The Labute approximate surface area is 159 Å². The van der Waals surface area contributed by atoms with E-state index >= 15 is 0 Å². The molecule has 2 aromatic rings. The van der Waals surface area contributed by atoms with Crippen molar-refractivity contribution in [1.82, 2.24) is 9.88 Å². The number of aromatic nitrogens is 1. The summed E-state index contributed by atoms with van der Waals surface area (Å²) in [6.07, 6.45) is 2.11. The average molecular weight is 396 g/mol. The third-order valence-corrected chi connectivity index (χ3v) is 6.28. The van der Waals surface area contributed by atoms with Gasteiger partial charge in [0.1, 0.15) is 0 Å². The number of nitrogens with zero attached hydrogens (tertiary/aromatic N) is 2. The Hall–Kier alpha value is -1.93. The summed E-state index contributed by atoms with van der Waals surface area (Å²) in [5, 5.41) is 1.98. The van der Waals surface area contributed by atoms with Gasteiger partial charge in [0.25, 0.3) is 10.0 Å². The van der Waals surface area contributed by atoms with Gasteiger partial charge in [-0.3, -0.25) is 9.52 Å². The summed E-state index contributed by atoms with van der Waals surface area (Å²) in [7, 11) is -3.68. The van der Waals surface area contributed by atoms with Crippen molar-refractivity contribution in [1.29, 1.82) is 0 Å². The smallest absolute Gasteiger partial charge is 0.263 e. The molecule has 142 valence electrons. The molecule has 0 unspecified atom stereocenters. The number of amides is 1. The van der Waals surface area contributed by atoms with Gasteiger partial charge in [0.2, 0.25) is 5.91 Å². The second-order valence-corrected chi connectivity index (χ2v) is 8.43. The molecule has 1 amide bonds. The zero-order chi connectivity index (χ0) is 19.2. The molecule has 6 nitrogen and oxygen atoms in total. The Bertz CT molecular complexity index is 826. The van der Waals surface area contributed by atoms with Gasteiger partial charge in [0.15, 0.2) is 5.13 Å². The van der Waals surface area contributed by atoms with Crippen molar-refractivity contribution in [2.75, 3.05) is 17.8 Å². The molecule has 0 saturated carbocycles. The summed E-state index contributed by atoms with van der Waals surface area (Å²) >= 11 is 1.18. The first-order valence-electron chi connectivity index (χ1n) is 8.73. The highest BCUT2D eigenvalue weighted by Gasteiger charge is 2.17. The third-order valence-electron chi connectivity index (χ3n) is 3.99. The van der Waals surface area contributed by atoms with Crippen LogP contribution in [0.15, 0.2) is 34.5 Å². The zero-order valence-corrected chi connectivity index (χ0v) is 17.0. The Morgan fingerprint density at radius 2 is 1.81 bits per heavy atom. The third kappa shape index (κ3) is 5.28. The number of rotatable bonds is 9. The lowest BCUT2D eigenvalue weighted by Gasteiger charge is -2.17. The molecule has 0 atom stereocenters. The van der Waals surface area contributed by atoms with E-state index in [2.05, 4.69) is 16.6 Å². The number of likely N-dealkylation sites (N-methyl/N-ethyl adjacent to an activating group) is 1. The second kappa shape index (κ2) is 9.14. The van der Waals surface area contributed by atoms with Gasteiger partial charge in [0, 0.05) is 18.5 Å². The molecule has 26 heavy (non-hydrogen) atoms. The van der Waals surface area contributed by atoms with Crippen LogP contribution in [0.2, 0.25) is 0 Å². The van der Waals surface area contributed by atoms with E-state index in [1.165, 1.54) is 11.3 Å². The standard InChI is InChI=1S/C18H25N3O3S2/c1-4-7-14-8-10-16(11-9-14)26(23,24)20-18-19-15(13-25-18)12-17(22)21(5-2)6-3/h8-11,13H,4-7,12H2,1-3H3,(H,19,20). The molecule has 0 aliphatic rings. The summed E-state index contributed by atoms with van der Waals surface area (Å²) < 4.78 is 27.5. The van der Waals surface area contributed by atoms with Gasteiger partial charge >= 0.3 is 0 Å². The molecule has 0 fully saturated rings. The molecule has 1 aromatic carbocycles. The van der Waals surface area contributed by atoms with Crippen LogP contribution in [-0.4, -0.2) is 37.3 Å². The SMILES string of the molecule is CCCc1ccc(S(=O)(=O)Nc2nc(CC(=O)N(CC)CC)cs2)cc1. The van der Waals surface area contributed by atoms with Crippen molar-refractivity contribution in [3.8, 4) is 0 Å². The summed E-state index contributed by atoms with van der Waals surface area (Å²) in [6, 6.07) is 6.86. The predicted molar refractivity (Wildman–Crippen MR) is 105 cm³/mol. The van der Waals surface area contributed by atoms with Gasteiger partial charge in [-0.1, -0.05) is 25.5 Å². The molecule has 1 aromatic heterocycles. The number of carbonyl (C=O) groups excluding carboxylic acids is 1. The fraction of sp³-hybridized carbons (Fsp3) is 0.444. The molecule has 0 spiro atoms. The van der Waals surface area contributed by atoms with Crippen LogP contribution in [-0.2, 0) is 27.7 Å².